The van der Waals surface area contributed by atoms with Crippen molar-refractivity contribution in [2.24, 2.45) is 0 Å². The Morgan fingerprint density at radius 2 is 2.06 bits per heavy atom. The standard InChI is InChI=1S/C21H20N6O4/c1-29-13-3-4-19(30-2)15(9-13)16-10-17(26-25-16)21(28)27-8-5-14(12-27)31-20-18(11-22)23-6-7-24-20/h3-4,6-7,9-10,14H,5,8,12H2,1-2H3,(H,25,26). The lowest BCUT2D eigenvalue weighted by Gasteiger charge is -2.16. The smallest absolute Gasteiger partial charge is 0.272 e. The molecule has 3 aromatic rings. The number of H-pyrrole nitrogens is 1. The van der Waals surface area contributed by atoms with Gasteiger partial charge in [0.2, 0.25) is 5.69 Å². The number of nitriles is 1. The summed E-state index contributed by atoms with van der Waals surface area (Å²) in [7, 11) is 3.15. The Kier molecular flexibility index (Phi) is 5.66. The van der Waals surface area contributed by atoms with Crippen LogP contribution in [0.25, 0.3) is 11.3 Å². The van der Waals surface area contributed by atoms with Crippen LogP contribution in [0.3, 0.4) is 0 Å². The first-order valence-corrected chi connectivity index (χ1v) is 9.57. The number of aromatic amines is 1. The second-order valence-electron chi connectivity index (χ2n) is 6.83. The highest BCUT2D eigenvalue weighted by atomic mass is 16.5. The molecular weight excluding hydrogens is 400 g/mol. The van der Waals surface area contributed by atoms with Crippen molar-refractivity contribution in [3.63, 3.8) is 0 Å². The maximum atomic E-state index is 13.0. The van der Waals surface area contributed by atoms with E-state index in [0.29, 0.717) is 48.0 Å². The van der Waals surface area contributed by atoms with Crippen molar-refractivity contribution in [2.45, 2.75) is 12.5 Å². The molecule has 10 heteroatoms. The first-order valence-electron chi connectivity index (χ1n) is 9.57. The average molecular weight is 420 g/mol. The number of ether oxygens (including phenoxy) is 3. The molecule has 1 amide bonds. The van der Waals surface area contributed by atoms with Crippen LogP contribution < -0.4 is 14.2 Å². The lowest BCUT2D eigenvalue weighted by molar-refractivity contribution is 0.0765. The van der Waals surface area contributed by atoms with E-state index in [2.05, 4.69) is 20.2 Å². The third-order valence-electron chi connectivity index (χ3n) is 4.97. The van der Waals surface area contributed by atoms with Gasteiger partial charge in [0.25, 0.3) is 11.8 Å². The lowest BCUT2D eigenvalue weighted by atomic mass is 10.1. The summed E-state index contributed by atoms with van der Waals surface area (Å²) in [6.07, 6.45) is 3.25. The fourth-order valence-electron chi connectivity index (χ4n) is 3.41. The zero-order valence-corrected chi connectivity index (χ0v) is 17.0. The zero-order valence-electron chi connectivity index (χ0n) is 17.0. The number of carbonyl (C=O) groups is 1. The van der Waals surface area contributed by atoms with Gasteiger partial charge >= 0.3 is 0 Å². The van der Waals surface area contributed by atoms with Gasteiger partial charge in [-0.15, -0.1) is 0 Å². The van der Waals surface area contributed by atoms with Crippen LogP contribution in [0.4, 0.5) is 0 Å². The Hall–Kier alpha value is -4.13. The molecule has 158 valence electrons. The highest BCUT2D eigenvalue weighted by molar-refractivity contribution is 5.93. The van der Waals surface area contributed by atoms with E-state index in [1.165, 1.54) is 12.4 Å². The van der Waals surface area contributed by atoms with Gasteiger partial charge in [-0.3, -0.25) is 9.89 Å². The summed E-state index contributed by atoms with van der Waals surface area (Å²) < 4.78 is 16.5. The molecule has 31 heavy (non-hydrogen) atoms. The Balaban J connectivity index is 1.47. The van der Waals surface area contributed by atoms with Gasteiger partial charge in [0.15, 0.2) is 0 Å². The van der Waals surface area contributed by atoms with Crippen LogP contribution in [0, 0.1) is 11.3 Å². The maximum Gasteiger partial charge on any atom is 0.272 e. The SMILES string of the molecule is COc1ccc(OC)c(-c2cc(C(=O)N3CCC(Oc4nccnc4C#N)C3)[nH]n2)c1. The predicted octanol–water partition coefficient (Wildman–Crippen LogP) is 2.05. The molecular formula is C21H20N6O4. The minimum atomic E-state index is -0.270. The molecule has 1 fully saturated rings. The Labute approximate surface area is 178 Å². The molecule has 1 N–H and O–H groups in total. The first-order chi connectivity index (χ1) is 15.1. The van der Waals surface area contributed by atoms with E-state index in [1.807, 2.05) is 6.07 Å². The van der Waals surface area contributed by atoms with Crippen LogP contribution in [0.5, 0.6) is 17.4 Å². The average Bonchev–Trinajstić information content (AvgIpc) is 3.48. The Morgan fingerprint density at radius 3 is 2.84 bits per heavy atom. The van der Waals surface area contributed by atoms with E-state index in [4.69, 9.17) is 19.5 Å². The number of hydrogen-bond donors (Lipinski definition) is 1. The summed E-state index contributed by atoms with van der Waals surface area (Å²) in [5, 5.41) is 16.2. The van der Waals surface area contributed by atoms with Gasteiger partial charge in [0.05, 0.1) is 26.5 Å². The van der Waals surface area contributed by atoms with Gasteiger partial charge in [-0.05, 0) is 24.3 Å². The normalized spacial score (nSPS) is 15.4. The number of benzene rings is 1. The van der Waals surface area contributed by atoms with Crippen molar-refractivity contribution in [3.05, 3.63) is 48.0 Å². The molecule has 3 heterocycles. The maximum absolute atomic E-state index is 13.0. The second kappa shape index (κ2) is 8.71. The zero-order chi connectivity index (χ0) is 21.8. The van der Waals surface area contributed by atoms with E-state index in [-0.39, 0.29) is 23.6 Å². The third kappa shape index (κ3) is 4.11. The van der Waals surface area contributed by atoms with Gasteiger partial charge in [-0.25, -0.2) is 9.97 Å². The molecule has 0 saturated carbocycles. The Morgan fingerprint density at radius 1 is 1.23 bits per heavy atom. The van der Waals surface area contributed by atoms with Crippen LogP contribution in [0.15, 0.2) is 36.7 Å². The number of nitrogens with zero attached hydrogens (tertiary/aromatic N) is 5. The summed E-state index contributed by atoms with van der Waals surface area (Å²) in [5.74, 6) is 1.27. The predicted molar refractivity (Wildman–Crippen MR) is 109 cm³/mol. The highest BCUT2D eigenvalue weighted by Gasteiger charge is 2.30. The summed E-state index contributed by atoms with van der Waals surface area (Å²) in [4.78, 5) is 22.6. The minimum absolute atomic E-state index is 0.123. The van der Waals surface area contributed by atoms with E-state index < -0.39 is 0 Å². The van der Waals surface area contributed by atoms with E-state index in [0.717, 1.165) is 0 Å². The monoisotopic (exact) mass is 420 g/mol. The van der Waals surface area contributed by atoms with Crippen molar-refractivity contribution in [1.82, 2.24) is 25.1 Å². The summed E-state index contributed by atoms with van der Waals surface area (Å²) in [6.45, 7) is 0.888. The second-order valence-corrected chi connectivity index (χ2v) is 6.83. The van der Waals surface area contributed by atoms with Gasteiger partial charge < -0.3 is 19.1 Å². The van der Waals surface area contributed by atoms with Gasteiger partial charge in [-0.2, -0.15) is 10.4 Å². The molecule has 1 atom stereocenters. The Bertz CT molecular complexity index is 1140. The van der Waals surface area contributed by atoms with Gasteiger partial charge in [-0.1, -0.05) is 0 Å². The first kappa shape index (κ1) is 20.2. The molecule has 1 aliphatic rings. The molecule has 0 spiro atoms. The number of rotatable bonds is 6. The molecule has 4 rings (SSSR count). The number of likely N-dealkylation sites (tertiary alicyclic amines) is 1. The number of amides is 1. The fraction of sp³-hybridized carbons (Fsp3) is 0.286. The summed E-state index contributed by atoms with van der Waals surface area (Å²) in [6, 6.07) is 9.02. The largest absolute Gasteiger partial charge is 0.497 e. The number of nitrogens with one attached hydrogen (secondary N) is 1. The molecule has 1 saturated heterocycles. The molecule has 1 aromatic carbocycles. The lowest BCUT2D eigenvalue weighted by Crippen LogP contribution is -2.31. The summed E-state index contributed by atoms with van der Waals surface area (Å²) >= 11 is 0. The van der Waals surface area contributed by atoms with Crippen molar-refractivity contribution >= 4 is 5.91 Å². The number of hydrogen-bond acceptors (Lipinski definition) is 8. The topological polar surface area (TPSA) is 126 Å². The van der Waals surface area contributed by atoms with Crippen LogP contribution in [-0.4, -0.2) is 64.4 Å². The molecule has 1 unspecified atom stereocenters. The van der Waals surface area contributed by atoms with Crippen molar-refractivity contribution in [3.8, 4) is 34.7 Å². The molecule has 0 radical (unpaired) electrons. The van der Waals surface area contributed by atoms with E-state index >= 15 is 0 Å². The summed E-state index contributed by atoms with van der Waals surface area (Å²) in [5.41, 5.74) is 1.77. The quantitative estimate of drug-likeness (QED) is 0.642. The van der Waals surface area contributed by atoms with Crippen molar-refractivity contribution in [2.75, 3.05) is 27.3 Å². The molecule has 0 bridgehead atoms. The third-order valence-corrected chi connectivity index (χ3v) is 4.97. The van der Waals surface area contributed by atoms with Crippen molar-refractivity contribution < 1.29 is 19.0 Å². The molecule has 1 aliphatic heterocycles. The van der Waals surface area contributed by atoms with Gasteiger partial charge in [0, 0.05) is 30.9 Å². The van der Waals surface area contributed by atoms with Crippen LogP contribution in [0.2, 0.25) is 0 Å². The van der Waals surface area contributed by atoms with Crippen LogP contribution >= 0.6 is 0 Å². The minimum Gasteiger partial charge on any atom is -0.497 e. The number of aromatic nitrogens is 4. The molecule has 0 aliphatic carbocycles. The van der Waals surface area contributed by atoms with Crippen LogP contribution in [-0.2, 0) is 0 Å². The van der Waals surface area contributed by atoms with E-state index in [9.17, 15) is 4.79 Å². The van der Waals surface area contributed by atoms with Gasteiger partial charge in [0.1, 0.15) is 29.4 Å². The number of carbonyl (C=O) groups excluding carboxylic acids is 1. The number of methoxy groups -OCH3 is 2. The van der Waals surface area contributed by atoms with Crippen LogP contribution in [0.1, 0.15) is 22.6 Å². The van der Waals surface area contributed by atoms with Crippen molar-refractivity contribution in [1.29, 1.82) is 5.26 Å². The fourth-order valence-corrected chi connectivity index (χ4v) is 3.41. The highest BCUT2D eigenvalue weighted by Crippen LogP contribution is 2.32. The molecule has 10 nitrogen and oxygen atoms in total. The van der Waals surface area contributed by atoms with E-state index in [1.54, 1.807) is 43.4 Å². The molecule has 2 aromatic heterocycles.